The van der Waals surface area contributed by atoms with E-state index in [0.717, 1.165) is 12.0 Å². The Morgan fingerprint density at radius 1 is 1.33 bits per heavy atom. The van der Waals surface area contributed by atoms with Crippen LogP contribution in [-0.2, 0) is 0 Å². The second-order valence-electron chi connectivity index (χ2n) is 6.24. The first kappa shape index (κ1) is 13.2. The summed E-state index contributed by atoms with van der Waals surface area (Å²) in [5.74, 6) is 0.438. The summed E-state index contributed by atoms with van der Waals surface area (Å²) in [7, 11) is 0. The average Bonchev–Trinajstić information content (AvgIpc) is 2.61. The van der Waals surface area contributed by atoms with Gasteiger partial charge >= 0.3 is 0 Å². The lowest BCUT2D eigenvalue weighted by molar-refractivity contribution is 0.353. The van der Waals surface area contributed by atoms with Gasteiger partial charge in [-0.05, 0) is 49.8 Å². The second-order valence-corrected chi connectivity index (χ2v) is 6.24. The molecule has 0 saturated heterocycles. The molecule has 3 N–H and O–H groups in total. The van der Waals surface area contributed by atoms with E-state index in [9.17, 15) is 10.2 Å². The highest BCUT2D eigenvalue weighted by Gasteiger charge is 2.31. The van der Waals surface area contributed by atoms with Crippen LogP contribution in [0.1, 0.15) is 51.6 Å². The van der Waals surface area contributed by atoms with E-state index in [-0.39, 0.29) is 17.5 Å². The molecule has 0 bridgehead atoms. The number of hydrogen-bond acceptors (Lipinski definition) is 3. The summed E-state index contributed by atoms with van der Waals surface area (Å²) in [6.45, 7) is 6.62. The molecule has 1 aromatic carbocycles. The van der Waals surface area contributed by atoms with Gasteiger partial charge < -0.3 is 15.5 Å². The smallest absolute Gasteiger partial charge is 0.120 e. The Hall–Kier alpha value is -1.22. The van der Waals surface area contributed by atoms with Crippen LogP contribution in [0.2, 0.25) is 0 Å². The number of rotatable bonds is 3. The molecule has 2 atom stereocenters. The zero-order chi connectivity index (χ0) is 13.3. The lowest BCUT2D eigenvalue weighted by Crippen LogP contribution is -2.30. The maximum Gasteiger partial charge on any atom is 0.120 e. The predicted octanol–water partition coefficient (Wildman–Crippen LogP) is 3.33. The van der Waals surface area contributed by atoms with E-state index in [1.54, 1.807) is 12.1 Å². The summed E-state index contributed by atoms with van der Waals surface area (Å²) in [6, 6.07) is 5.23. The summed E-state index contributed by atoms with van der Waals surface area (Å²) in [6.07, 6.45) is 3.58. The molecule has 1 fully saturated rings. The molecule has 2 rings (SSSR count). The van der Waals surface area contributed by atoms with Crippen molar-refractivity contribution in [2.45, 2.75) is 52.1 Å². The zero-order valence-electron chi connectivity index (χ0n) is 11.4. The minimum atomic E-state index is 0.0519. The highest BCUT2D eigenvalue weighted by molar-refractivity contribution is 5.40. The van der Waals surface area contributed by atoms with E-state index in [4.69, 9.17) is 0 Å². The van der Waals surface area contributed by atoms with Crippen LogP contribution in [0.15, 0.2) is 18.2 Å². The molecule has 0 aliphatic heterocycles. The molecule has 2 unspecified atom stereocenters. The van der Waals surface area contributed by atoms with Gasteiger partial charge in [0.25, 0.3) is 0 Å². The Morgan fingerprint density at radius 2 is 2.06 bits per heavy atom. The van der Waals surface area contributed by atoms with E-state index in [2.05, 4.69) is 19.2 Å². The summed E-state index contributed by atoms with van der Waals surface area (Å²) < 4.78 is 0. The maximum absolute atomic E-state index is 9.83. The molecule has 100 valence electrons. The first-order chi connectivity index (χ1) is 8.37. The number of phenolic OH excluding ortho intramolecular Hbond substituents is 2. The maximum atomic E-state index is 9.83. The Labute approximate surface area is 109 Å². The van der Waals surface area contributed by atoms with Crippen LogP contribution >= 0.6 is 0 Å². The Kier molecular flexibility index (Phi) is 3.53. The van der Waals surface area contributed by atoms with Crippen molar-refractivity contribution >= 4 is 0 Å². The number of benzene rings is 1. The minimum Gasteiger partial charge on any atom is -0.508 e. The van der Waals surface area contributed by atoms with Crippen LogP contribution in [0, 0.1) is 5.41 Å². The van der Waals surface area contributed by atoms with Crippen molar-refractivity contribution in [3.63, 3.8) is 0 Å². The molecule has 1 saturated carbocycles. The van der Waals surface area contributed by atoms with Gasteiger partial charge in [-0.25, -0.2) is 0 Å². The third kappa shape index (κ3) is 2.96. The molecule has 18 heavy (non-hydrogen) atoms. The topological polar surface area (TPSA) is 52.5 Å². The van der Waals surface area contributed by atoms with E-state index >= 15 is 0 Å². The molecule has 0 spiro atoms. The zero-order valence-corrected chi connectivity index (χ0v) is 11.4. The van der Waals surface area contributed by atoms with Crippen LogP contribution in [0.25, 0.3) is 0 Å². The van der Waals surface area contributed by atoms with Crippen LogP contribution in [-0.4, -0.2) is 16.3 Å². The lowest BCUT2D eigenvalue weighted by Gasteiger charge is -2.22. The fourth-order valence-electron chi connectivity index (χ4n) is 2.91. The predicted molar refractivity (Wildman–Crippen MR) is 72.7 cm³/mol. The fourth-order valence-corrected chi connectivity index (χ4v) is 2.91. The van der Waals surface area contributed by atoms with Crippen LogP contribution in [0.3, 0.4) is 0 Å². The first-order valence-corrected chi connectivity index (χ1v) is 6.65. The van der Waals surface area contributed by atoms with Crippen molar-refractivity contribution in [3.05, 3.63) is 23.8 Å². The van der Waals surface area contributed by atoms with Crippen molar-refractivity contribution in [1.29, 1.82) is 0 Å². The van der Waals surface area contributed by atoms with Gasteiger partial charge in [-0.15, -0.1) is 0 Å². The van der Waals surface area contributed by atoms with Gasteiger partial charge in [0.2, 0.25) is 0 Å². The summed E-state index contributed by atoms with van der Waals surface area (Å²) in [5, 5.41) is 22.9. The van der Waals surface area contributed by atoms with E-state index in [0.29, 0.717) is 11.5 Å². The number of phenols is 2. The number of hydrogen-bond donors (Lipinski definition) is 3. The standard InChI is InChI=1S/C15H23NO2/c1-10(13-8-12(17)4-5-14(13)18)16-11-6-7-15(2,3)9-11/h4-5,8,10-11,16-18H,6-7,9H2,1-3H3. The average molecular weight is 249 g/mol. The normalized spacial score (nSPS) is 24.1. The highest BCUT2D eigenvalue weighted by atomic mass is 16.3. The molecular weight excluding hydrogens is 226 g/mol. The van der Waals surface area contributed by atoms with E-state index in [1.807, 2.05) is 6.92 Å². The van der Waals surface area contributed by atoms with Crippen molar-refractivity contribution in [2.24, 2.45) is 5.41 Å². The highest BCUT2D eigenvalue weighted by Crippen LogP contribution is 2.38. The third-order valence-corrected chi connectivity index (χ3v) is 3.93. The summed E-state index contributed by atoms with van der Waals surface area (Å²) in [4.78, 5) is 0. The molecule has 0 aromatic heterocycles. The number of nitrogens with one attached hydrogen (secondary N) is 1. The molecule has 1 aliphatic rings. The first-order valence-electron chi connectivity index (χ1n) is 6.65. The summed E-state index contributed by atoms with van der Waals surface area (Å²) >= 11 is 0. The Balaban J connectivity index is 2.04. The molecule has 3 nitrogen and oxygen atoms in total. The van der Waals surface area contributed by atoms with Crippen molar-refractivity contribution in [1.82, 2.24) is 5.32 Å². The number of aromatic hydroxyl groups is 2. The second kappa shape index (κ2) is 4.81. The fraction of sp³-hybridized carbons (Fsp3) is 0.600. The largest absolute Gasteiger partial charge is 0.508 e. The van der Waals surface area contributed by atoms with Gasteiger partial charge in [0, 0.05) is 17.6 Å². The third-order valence-electron chi connectivity index (χ3n) is 3.93. The van der Waals surface area contributed by atoms with Gasteiger partial charge in [0.15, 0.2) is 0 Å². The lowest BCUT2D eigenvalue weighted by atomic mass is 9.91. The Bertz CT molecular complexity index is 429. The van der Waals surface area contributed by atoms with E-state index in [1.165, 1.54) is 18.9 Å². The minimum absolute atomic E-state index is 0.0519. The molecular formula is C15H23NO2. The van der Waals surface area contributed by atoms with Gasteiger partial charge in [-0.2, -0.15) is 0 Å². The van der Waals surface area contributed by atoms with Gasteiger partial charge in [-0.1, -0.05) is 13.8 Å². The SMILES string of the molecule is CC(NC1CCC(C)(C)C1)c1cc(O)ccc1O. The van der Waals surface area contributed by atoms with Gasteiger partial charge in [-0.3, -0.25) is 0 Å². The van der Waals surface area contributed by atoms with Crippen LogP contribution in [0.4, 0.5) is 0 Å². The van der Waals surface area contributed by atoms with Crippen molar-refractivity contribution < 1.29 is 10.2 Å². The van der Waals surface area contributed by atoms with Gasteiger partial charge in [0.1, 0.15) is 11.5 Å². The van der Waals surface area contributed by atoms with Crippen molar-refractivity contribution in [2.75, 3.05) is 0 Å². The van der Waals surface area contributed by atoms with Gasteiger partial charge in [0.05, 0.1) is 0 Å². The van der Waals surface area contributed by atoms with Crippen LogP contribution < -0.4 is 5.32 Å². The monoisotopic (exact) mass is 249 g/mol. The molecule has 3 heteroatoms. The summed E-state index contributed by atoms with van der Waals surface area (Å²) in [5.41, 5.74) is 1.18. The van der Waals surface area contributed by atoms with E-state index < -0.39 is 0 Å². The molecule has 1 aliphatic carbocycles. The van der Waals surface area contributed by atoms with Crippen LogP contribution in [0.5, 0.6) is 11.5 Å². The Morgan fingerprint density at radius 3 is 2.67 bits per heavy atom. The molecule has 0 amide bonds. The molecule has 1 aromatic rings. The molecule has 0 radical (unpaired) electrons. The van der Waals surface area contributed by atoms with Crippen molar-refractivity contribution in [3.8, 4) is 11.5 Å². The quantitative estimate of drug-likeness (QED) is 0.720. The molecule has 0 heterocycles.